The highest BCUT2D eigenvalue weighted by atomic mass is 32.2. The molecule has 0 aliphatic carbocycles. The van der Waals surface area contributed by atoms with Crippen molar-refractivity contribution in [3.8, 4) is 17.1 Å². The van der Waals surface area contributed by atoms with Gasteiger partial charge >= 0.3 is 0 Å². The van der Waals surface area contributed by atoms with Crippen molar-refractivity contribution in [3.63, 3.8) is 0 Å². The summed E-state index contributed by atoms with van der Waals surface area (Å²) in [5.41, 5.74) is 0.850. The maximum Gasteiger partial charge on any atom is 0.240 e. The Bertz CT molecular complexity index is 755. The van der Waals surface area contributed by atoms with Crippen LogP contribution in [0.3, 0.4) is 0 Å². The molecule has 0 bridgehead atoms. The number of benzene rings is 1. The van der Waals surface area contributed by atoms with Crippen LogP contribution in [-0.4, -0.2) is 43.7 Å². The van der Waals surface area contributed by atoms with E-state index in [1.54, 1.807) is 7.11 Å². The molecule has 1 aromatic carbocycles. The summed E-state index contributed by atoms with van der Waals surface area (Å²) < 4.78 is 33.1. The van der Waals surface area contributed by atoms with Crippen LogP contribution in [0.25, 0.3) is 11.4 Å². The minimum Gasteiger partial charge on any atom is -0.497 e. The van der Waals surface area contributed by atoms with Gasteiger partial charge in [-0.25, -0.2) is 8.42 Å². The van der Waals surface area contributed by atoms with E-state index in [-0.39, 0.29) is 11.7 Å². The van der Waals surface area contributed by atoms with E-state index in [0.29, 0.717) is 30.6 Å². The molecule has 1 N–H and O–H groups in total. The van der Waals surface area contributed by atoms with E-state index in [9.17, 15) is 8.42 Å². The molecule has 124 valence electrons. The quantitative estimate of drug-likeness (QED) is 0.848. The van der Waals surface area contributed by atoms with Crippen LogP contribution in [0.4, 0.5) is 0 Å². The second-order valence-corrected chi connectivity index (χ2v) is 7.87. The Hall–Kier alpha value is -1.93. The third kappa shape index (κ3) is 4.08. The molecule has 3 rings (SSSR count). The molecule has 1 unspecified atom stereocenters. The lowest BCUT2D eigenvalue weighted by Gasteiger charge is -2.06. The molecule has 0 radical (unpaired) electrons. The Balaban J connectivity index is 1.53. The Morgan fingerprint density at radius 1 is 1.35 bits per heavy atom. The van der Waals surface area contributed by atoms with Gasteiger partial charge in [0.05, 0.1) is 25.2 Å². The number of hydrogen-bond donors (Lipinski definition) is 1. The van der Waals surface area contributed by atoms with Crippen molar-refractivity contribution in [2.75, 3.05) is 25.2 Å². The van der Waals surface area contributed by atoms with Crippen LogP contribution in [0.5, 0.6) is 5.75 Å². The molecule has 0 saturated carbocycles. The molecule has 23 heavy (non-hydrogen) atoms. The van der Waals surface area contributed by atoms with Gasteiger partial charge in [-0.05, 0) is 43.1 Å². The highest BCUT2D eigenvalue weighted by Gasteiger charge is 2.27. The number of nitrogens with zero attached hydrogens (tertiary/aromatic N) is 2. The number of nitrogens with one attached hydrogen (secondary N) is 1. The van der Waals surface area contributed by atoms with Gasteiger partial charge in [0.25, 0.3) is 0 Å². The first-order chi connectivity index (χ1) is 11.1. The van der Waals surface area contributed by atoms with Gasteiger partial charge in [-0.15, -0.1) is 0 Å². The zero-order valence-electron chi connectivity index (χ0n) is 12.9. The van der Waals surface area contributed by atoms with Crippen molar-refractivity contribution in [2.45, 2.75) is 13.0 Å². The molecule has 8 heteroatoms. The summed E-state index contributed by atoms with van der Waals surface area (Å²) in [4.78, 5) is 4.33. The van der Waals surface area contributed by atoms with E-state index in [1.807, 2.05) is 24.3 Å². The van der Waals surface area contributed by atoms with Crippen molar-refractivity contribution in [3.05, 3.63) is 30.2 Å². The van der Waals surface area contributed by atoms with E-state index >= 15 is 0 Å². The normalized spacial score (nSPS) is 19.8. The maximum atomic E-state index is 11.4. The van der Waals surface area contributed by atoms with Crippen LogP contribution in [0, 0.1) is 5.92 Å². The molecule has 1 aliphatic rings. The van der Waals surface area contributed by atoms with Crippen molar-refractivity contribution in [2.24, 2.45) is 5.92 Å². The standard InChI is InChI=1S/C15H19N3O4S/c1-21-13-4-2-12(3-5-13)15-17-14(22-18-15)9-16-8-11-6-7-23(19,20)10-11/h2-5,11,16H,6-10H2,1H3. The number of rotatable bonds is 6. The fourth-order valence-electron chi connectivity index (χ4n) is 2.60. The van der Waals surface area contributed by atoms with Crippen LogP contribution < -0.4 is 10.1 Å². The fourth-order valence-corrected chi connectivity index (χ4v) is 4.46. The lowest BCUT2D eigenvalue weighted by molar-refractivity contribution is 0.362. The molecule has 1 atom stereocenters. The summed E-state index contributed by atoms with van der Waals surface area (Å²) in [6.45, 7) is 1.07. The van der Waals surface area contributed by atoms with Crippen LogP contribution in [0.2, 0.25) is 0 Å². The molecule has 2 aromatic rings. The highest BCUT2D eigenvalue weighted by Crippen LogP contribution is 2.20. The van der Waals surface area contributed by atoms with Gasteiger partial charge in [-0.2, -0.15) is 4.98 Å². The highest BCUT2D eigenvalue weighted by molar-refractivity contribution is 7.91. The van der Waals surface area contributed by atoms with E-state index in [4.69, 9.17) is 9.26 Å². The maximum absolute atomic E-state index is 11.4. The third-order valence-electron chi connectivity index (χ3n) is 3.85. The number of hydrogen-bond acceptors (Lipinski definition) is 7. The molecule has 0 spiro atoms. The first-order valence-corrected chi connectivity index (χ1v) is 9.26. The second kappa shape index (κ2) is 6.67. The van der Waals surface area contributed by atoms with Crippen LogP contribution in [-0.2, 0) is 16.4 Å². The van der Waals surface area contributed by atoms with E-state index < -0.39 is 9.84 Å². The molecule has 7 nitrogen and oxygen atoms in total. The fraction of sp³-hybridized carbons (Fsp3) is 0.467. The molecule has 1 aromatic heterocycles. The summed E-state index contributed by atoms with van der Waals surface area (Å²) in [6, 6.07) is 7.41. The van der Waals surface area contributed by atoms with Gasteiger partial charge in [-0.3, -0.25) is 0 Å². The average molecular weight is 337 g/mol. The van der Waals surface area contributed by atoms with Crippen LogP contribution in [0.1, 0.15) is 12.3 Å². The van der Waals surface area contributed by atoms with Gasteiger partial charge in [0.2, 0.25) is 11.7 Å². The summed E-state index contributed by atoms with van der Waals surface area (Å²) in [5, 5.41) is 7.14. The average Bonchev–Trinajstić information content (AvgIpc) is 3.14. The molecular formula is C15H19N3O4S. The smallest absolute Gasteiger partial charge is 0.240 e. The Labute approximate surface area is 135 Å². The molecular weight excluding hydrogens is 318 g/mol. The monoisotopic (exact) mass is 337 g/mol. The van der Waals surface area contributed by atoms with E-state index in [2.05, 4.69) is 15.5 Å². The lowest BCUT2D eigenvalue weighted by Crippen LogP contribution is -2.23. The van der Waals surface area contributed by atoms with Gasteiger partial charge in [0.1, 0.15) is 5.75 Å². The molecule has 1 saturated heterocycles. The van der Waals surface area contributed by atoms with E-state index in [1.165, 1.54) is 0 Å². The molecule has 2 heterocycles. The number of methoxy groups -OCH3 is 1. The zero-order valence-corrected chi connectivity index (χ0v) is 13.7. The number of ether oxygens (including phenoxy) is 1. The summed E-state index contributed by atoms with van der Waals surface area (Å²) >= 11 is 0. The topological polar surface area (TPSA) is 94.3 Å². The van der Waals surface area contributed by atoms with E-state index in [0.717, 1.165) is 17.7 Å². The Morgan fingerprint density at radius 2 is 2.13 bits per heavy atom. The lowest BCUT2D eigenvalue weighted by atomic mass is 10.1. The SMILES string of the molecule is COc1ccc(-c2noc(CNCC3CCS(=O)(=O)C3)n2)cc1. The van der Waals surface area contributed by atoms with Crippen molar-refractivity contribution < 1.29 is 17.7 Å². The van der Waals surface area contributed by atoms with Gasteiger partial charge in [0, 0.05) is 5.56 Å². The predicted octanol–water partition coefficient (Wildman–Crippen LogP) is 1.27. The molecule has 1 fully saturated rings. The predicted molar refractivity (Wildman–Crippen MR) is 84.8 cm³/mol. The Kier molecular flexibility index (Phi) is 4.63. The number of sulfone groups is 1. The minimum atomic E-state index is -2.83. The van der Waals surface area contributed by atoms with Crippen molar-refractivity contribution in [1.82, 2.24) is 15.5 Å². The second-order valence-electron chi connectivity index (χ2n) is 5.64. The van der Waals surface area contributed by atoms with Gasteiger partial charge < -0.3 is 14.6 Å². The molecule has 1 aliphatic heterocycles. The summed E-state index contributed by atoms with van der Waals surface area (Å²) in [6.07, 6.45) is 0.719. The summed E-state index contributed by atoms with van der Waals surface area (Å²) in [7, 11) is -1.22. The largest absolute Gasteiger partial charge is 0.497 e. The Morgan fingerprint density at radius 3 is 2.78 bits per heavy atom. The zero-order chi connectivity index (χ0) is 16.3. The third-order valence-corrected chi connectivity index (χ3v) is 5.69. The van der Waals surface area contributed by atoms with Crippen molar-refractivity contribution in [1.29, 1.82) is 0 Å². The minimum absolute atomic E-state index is 0.170. The van der Waals surface area contributed by atoms with Crippen molar-refractivity contribution >= 4 is 9.84 Å². The first-order valence-electron chi connectivity index (χ1n) is 7.44. The van der Waals surface area contributed by atoms with Gasteiger partial charge in [-0.1, -0.05) is 5.16 Å². The first kappa shape index (κ1) is 15.9. The van der Waals surface area contributed by atoms with Crippen LogP contribution >= 0.6 is 0 Å². The van der Waals surface area contributed by atoms with Gasteiger partial charge in [0.15, 0.2) is 9.84 Å². The summed E-state index contributed by atoms with van der Waals surface area (Å²) in [5.74, 6) is 2.50. The molecule has 0 amide bonds. The number of aromatic nitrogens is 2. The van der Waals surface area contributed by atoms with Crippen LogP contribution in [0.15, 0.2) is 28.8 Å².